The zero-order chi connectivity index (χ0) is 14.7. The third kappa shape index (κ3) is 2.93. The van der Waals surface area contributed by atoms with Crippen molar-refractivity contribution in [2.45, 2.75) is 26.4 Å². The average molecular weight is 275 g/mol. The van der Waals surface area contributed by atoms with Crippen LogP contribution in [0.1, 0.15) is 29.8 Å². The molecule has 108 valence electrons. The predicted octanol–water partition coefficient (Wildman–Crippen LogP) is 2.29. The van der Waals surface area contributed by atoms with Gasteiger partial charge in [0.15, 0.2) is 0 Å². The van der Waals surface area contributed by atoms with Crippen LogP contribution in [0.4, 0.5) is 0 Å². The molecule has 0 spiro atoms. The van der Waals surface area contributed by atoms with Crippen molar-refractivity contribution in [3.05, 3.63) is 41.2 Å². The number of hydrogen-bond acceptors (Lipinski definition) is 4. The molecule has 20 heavy (non-hydrogen) atoms. The number of aryl methyl sites for hydroxylation is 1. The first kappa shape index (κ1) is 14.4. The van der Waals surface area contributed by atoms with Crippen molar-refractivity contribution in [1.29, 1.82) is 0 Å². The Morgan fingerprint density at radius 3 is 2.80 bits per heavy atom. The molecule has 5 heteroatoms. The number of nitrogens with zero attached hydrogens (tertiary/aromatic N) is 2. The van der Waals surface area contributed by atoms with E-state index in [1.54, 1.807) is 19.2 Å². The van der Waals surface area contributed by atoms with E-state index in [4.69, 9.17) is 4.74 Å². The molecule has 1 aromatic heterocycles. The molecule has 0 saturated heterocycles. The number of rotatable bonds is 5. The van der Waals surface area contributed by atoms with Gasteiger partial charge in [0.2, 0.25) is 0 Å². The van der Waals surface area contributed by atoms with Crippen LogP contribution in [-0.2, 0) is 13.6 Å². The molecule has 0 bridgehead atoms. The van der Waals surface area contributed by atoms with Gasteiger partial charge in [-0.05, 0) is 32.0 Å². The summed E-state index contributed by atoms with van der Waals surface area (Å²) in [6.07, 6.45) is 1.86. The summed E-state index contributed by atoms with van der Waals surface area (Å²) in [4.78, 5) is 0. The SMILES string of the molecule is COc1ccc(O)c(C(C)NCc2cnn(C)c2C)c1. The summed E-state index contributed by atoms with van der Waals surface area (Å²) in [7, 11) is 3.55. The van der Waals surface area contributed by atoms with Crippen LogP contribution in [0.15, 0.2) is 24.4 Å². The molecule has 2 rings (SSSR count). The fourth-order valence-corrected chi connectivity index (χ4v) is 2.10. The second-order valence-corrected chi connectivity index (χ2v) is 4.91. The second-order valence-electron chi connectivity index (χ2n) is 4.91. The first-order valence-corrected chi connectivity index (χ1v) is 6.60. The first-order valence-electron chi connectivity index (χ1n) is 6.60. The Kier molecular flexibility index (Phi) is 4.29. The molecular weight excluding hydrogens is 254 g/mol. The Bertz CT molecular complexity index is 593. The van der Waals surface area contributed by atoms with Crippen LogP contribution in [0.2, 0.25) is 0 Å². The van der Waals surface area contributed by atoms with Gasteiger partial charge in [-0.1, -0.05) is 0 Å². The Balaban J connectivity index is 2.08. The fraction of sp³-hybridized carbons (Fsp3) is 0.400. The smallest absolute Gasteiger partial charge is 0.120 e. The van der Waals surface area contributed by atoms with E-state index in [-0.39, 0.29) is 11.8 Å². The van der Waals surface area contributed by atoms with E-state index in [1.807, 2.05) is 37.8 Å². The van der Waals surface area contributed by atoms with Crippen molar-refractivity contribution in [1.82, 2.24) is 15.1 Å². The lowest BCUT2D eigenvalue weighted by molar-refractivity contribution is 0.407. The Hall–Kier alpha value is -2.01. The van der Waals surface area contributed by atoms with E-state index in [1.165, 1.54) is 0 Å². The Labute approximate surface area is 119 Å². The second kappa shape index (κ2) is 5.96. The highest BCUT2D eigenvalue weighted by Gasteiger charge is 2.12. The molecule has 1 heterocycles. The molecule has 2 N–H and O–H groups in total. The molecule has 1 aromatic carbocycles. The lowest BCUT2D eigenvalue weighted by Gasteiger charge is -2.16. The average Bonchev–Trinajstić information content (AvgIpc) is 2.77. The first-order chi connectivity index (χ1) is 9.52. The number of benzene rings is 1. The molecule has 0 radical (unpaired) electrons. The van der Waals surface area contributed by atoms with Crippen LogP contribution >= 0.6 is 0 Å². The molecule has 0 aliphatic rings. The minimum Gasteiger partial charge on any atom is -0.508 e. The van der Waals surface area contributed by atoms with Gasteiger partial charge in [0, 0.05) is 36.5 Å². The minimum atomic E-state index is 0.0182. The van der Waals surface area contributed by atoms with E-state index >= 15 is 0 Å². The van der Waals surface area contributed by atoms with E-state index in [9.17, 15) is 5.11 Å². The molecule has 0 saturated carbocycles. The maximum absolute atomic E-state index is 9.94. The van der Waals surface area contributed by atoms with Crippen LogP contribution in [0.25, 0.3) is 0 Å². The number of phenolic OH excluding ortho intramolecular Hbond substituents is 1. The maximum atomic E-state index is 9.94. The topological polar surface area (TPSA) is 59.3 Å². The molecule has 0 aliphatic heterocycles. The summed E-state index contributed by atoms with van der Waals surface area (Å²) in [6, 6.07) is 5.27. The van der Waals surface area contributed by atoms with Crippen molar-refractivity contribution >= 4 is 0 Å². The molecule has 0 aliphatic carbocycles. The number of phenols is 1. The highest BCUT2D eigenvalue weighted by molar-refractivity contribution is 5.41. The van der Waals surface area contributed by atoms with Crippen LogP contribution in [-0.4, -0.2) is 22.0 Å². The van der Waals surface area contributed by atoms with Crippen molar-refractivity contribution in [3.63, 3.8) is 0 Å². The Morgan fingerprint density at radius 1 is 1.45 bits per heavy atom. The minimum absolute atomic E-state index is 0.0182. The quantitative estimate of drug-likeness (QED) is 0.879. The fourth-order valence-electron chi connectivity index (χ4n) is 2.10. The van der Waals surface area contributed by atoms with Gasteiger partial charge < -0.3 is 15.2 Å². The number of ether oxygens (including phenoxy) is 1. The van der Waals surface area contributed by atoms with Gasteiger partial charge in [-0.2, -0.15) is 5.10 Å². The van der Waals surface area contributed by atoms with Crippen molar-refractivity contribution in [3.8, 4) is 11.5 Å². The zero-order valence-electron chi connectivity index (χ0n) is 12.3. The van der Waals surface area contributed by atoms with Crippen molar-refractivity contribution in [2.24, 2.45) is 7.05 Å². The number of hydrogen-bond donors (Lipinski definition) is 2. The third-order valence-electron chi connectivity index (χ3n) is 3.64. The zero-order valence-corrected chi connectivity index (χ0v) is 12.3. The van der Waals surface area contributed by atoms with Gasteiger partial charge in [-0.25, -0.2) is 0 Å². The van der Waals surface area contributed by atoms with Crippen LogP contribution < -0.4 is 10.1 Å². The lowest BCUT2D eigenvalue weighted by atomic mass is 10.1. The summed E-state index contributed by atoms with van der Waals surface area (Å²) in [5.41, 5.74) is 3.12. The number of aromatic nitrogens is 2. The molecule has 2 aromatic rings. The van der Waals surface area contributed by atoms with Gasteiger partial charge in [0.05, 0.1) is 13.3 Å². The summed E-state index contributed by atoms with van der Waals surface area (Å²) >= 11 is 0. The van der Waals surface area contributed by atoms with Gasteiger partial charge in [0.25, 0.3) is 0 Å². The van der Waals surface area contributed by atoms with Gasteiger partial charge >= 0.3 is 0 Å². The van der Waals surface area contributed by atoms with Gasteiger partial charge in [-0.15, -0.1) is 0 Å². The molecule has 5 nitrogen and oxygen atoms in total. The number of nitrogens with one attached hydrogen (secondary N) is 1. The normalized spacial score (nSPS) is 12.4. The van der Waals surface area contributed by atoms with Crippen LogP contribution in [0.3, 0.4) is 0 Å². The number of methoxy groups -OCH3 is 1. The maximum Gasteiger partial charge on any atom is 0.120 e. The molecule has 0 fully saturated rings. The van der Waals surface area contributed by atoms with E-state index in [0.29, 0.717) is 6.54 Å². The van der Waals surface area contributed by atoms with Crippen molar-refractivity contribution in [2.75, 3.05) is 7.11 Å². The van der Waals surface area contributed by atoms with Gasteiger partial charge in [0.1, 0.15) is 11.5 Å². The molecule has 1 atom stereocenters. The van der Waals surface area contributed by atoms with Crippen LogP contribution in [0.5, 0.6) is 11.5 Å². The Morgan fingerprint density at radius 2 is 2.20 bits per heavy atom. The molecule has 1 unspecified atom stereocenters. The highest BCUT2D eigenvalue weighted by atomic mass is 16.5. The van der Waals surface area contributed by atoms with Crippen LogP contribution in [0, 0.1) is 6.92 Å². The van der Waals surface area contributed by atoms with E-state index in [2.05, 4.69) is 10.4 Å². The highest BCUT2D eigenvalue weighted by Crippen LogP contribution is 2.28. The molecule has 0 amide bonds. The van der Waals surface area contributed by atoms with E-state index in [0.717, 1.165) is 22.6 Å². The molecular formula is C15H21N3O2. The summed E-state index contributed by atoms with van der Waals surface area (Å²) < 4.78 is 7.04. The van der Waals surface area contributed by atoms with Crippen molar-refractivity contribution < 1.29 is 9.84 Å². The summed E-state index contributed by atoms with van der Waals surface area (Å²) in [5.74, 6) is 1.01. The van der Waals surface area contributed by atoms with Gasteiger partial charge in [-0.3, -0.25) is 4.68 Å². The largest absolute Gasteiger partial charge is 0.508 e. The monoisotopic (exact) mass is 275 g/mol. The lowest BCUT2D eigenvalue weighted by Crippen LogP contribution is -2.18. The van der Waals surface area contributed by atoms with E-state index < -0.39 is 0 Å². The summed E-state index contributed by atoms with van der Waals surface area (Å²) in [5, 5.41) is 17.6. The third-order valence-corrected chi connectivity index (χ3v) is 3.64. The number of aromatic hydroxyl groups is 1. The standard InChI is InChI=1S/C15H21N3O2/c1-10(14-7-13(20-4)5-6-15(14)19)16-8-12-9-17-18(3)11(12)2/h5-7,9-10,16,19H,8H2,1-4H3. The predicted molar refractivity (Wildman–Crippen MR) is 77.9 cm³/mol. The summed E-state index contributed by atoms with van der Waals surface area (Å²) in [6.45, 7) is 4.76.